The number of aromatic nitrogens is 2. The Hall–Kier alpha value is -1.13. The van der Waals surface area contributed by atoms with Gasteiger partial charge in [0, 0.05) is 17.6 Å². The van der Waals surface area contributed by atoms with Gasteiger partial charge >= 0.3 is 0 Å². The van der Waals surface area contributed by atoms with Crippen molar-refractivity contribution in [3.63, 3.8) is 0 Å². The number of nitrogens with zero attached hydrogens (tertiary/aromatic N) is 3. The zero-order valence-corrected chi connectivity index (χ0v) is 13.6. The van der Waals surface area contributed by atoms with Crippen LogP contribution in [-0.2, 0) is 7.05 Å². The van der Waals surface area contributed by atoms with Gasteiger partial charge in [0.25, 0.3) is 0 Å². The number of benzene rings is 1. The first-order chi connectivity index (χ1) is 10.2. The summed E-state index contributed by atoms with van der Waals surface area (Å²) in [5, 5.41) is 6.38. The lowest BCUT2D eigenvalue weighted by Crippen LogP contribution is -2.21. The molecular formula is C16H18ClN3S. The highest BCUT2D eigenvalue weighted by molar-refractivity contribution is 7.12. The molecule has 0 saturated heterocycles. The standard InChI is InChI=1S/C16H18ClN3S/c1-20-16(18-14-9-10-2-3-12(14)8-10)21-15(19-20)11-4-6-13(17)7-5-11/h4-7,10,12,14H,2-3,8-9H2,1H3/b18-16-. The summed E-state index contributed by atoms with van der Waals surface area (Å²) >= 11 is 7.62. The molecule has 2 fully saturated rings. The van der Waals surface area contributed by atoms with E-state index in [9.17, 15) is 0 Å². The molecule has 3 nitrogen and oxygen atoms in total. The fourth-order valence-corrected chi connectivity index (χ4v) is 4.76. The van der Waals surface area contributed by atoms with Crippen molar-refractivity contribution < 1.29 is 0 Å². The second-order valence-corrected chi connectivity index (χ2v) is 7.58. The average Bonchev–Trinajstić information content (AvgIpc) is 3.17. The lowest BCUT2D eigenvalue weighted by Gasteiger charge is -2.16. The monoisotopic (exact) mass is 319 g/mol. The Morgan fingerprint density at radius 2 is 2.05 bits per heavy atom. The second kappa shape index (κ2) is 5.25. The zero-order valence-electron chi connectivity index (χ0n) is 12.0. The minimum atomic E-state index is 0.522. The van der Waals surface area contributed by atoms with Crippen molar-refractivity contribution in [1.82, 2.24) is 9.78 Å². The van der Waals surface area contributed by atoms with Crippen LogP contribution in [-0.4, -0.2) is 15.8 Å². The second-order valence-electron chi connectivity index (χ2n) is 6.19. The molecule has 2 saturated carbocycles. The number of hydrogen-bond donors (Lipinski definition) is 0. The summed E-state index contributed by atoms with van der Waals surface area (Å²) in [4.78, 5) is 6.04. The first kappa shape index (κ1) is 13.5. The molecule has 5 heteroatoms. The van der Waals surface area contributed by atoms with Crippen molar-refractivity contribution in [3.8, 4) is 10.6 Å². The molecule has 3 unspecified atom stereocenters. The topological polar surface area (TPSA) is 30.2 Å². The highest BCUT2D eigenvalue weighted by Crippen LogP contribution is 2.45. The molecule has 0 aliphatic heterocycles. The summed E-state index contributed by atoms with van der Waals surface area (Å²) in [5.74, 6) is 1.74. The molecule has 2 aliphatic carbocycles. The first-order valence-corrected chi connectivity index (χ1v) is 8.72. The van der Waals surface area contributed by atoms with Crippen LogP contribution in [0.1, 0.15) is 25.7 Å². The molecule has 110 valence electrons. The average molecular weight is 320 g/mol. The molecule has 2 aromatic rings. The summed E-state index contributed by atoms with van der Waals surface area (Å²) in [6.45, 7) is 0. The quantitative estimate of drug-likeness (QED) is 0.826. The number of halogens is 1. The van der Waals surface area contributed by atoms with Crippen LogP contribution in [0.3, 0.4) is 0 Å². The molecule has 2 aliphatic rings. The normalized spacial score (nSPS) is 28.5. The van der Waals surface area contributed by atoms with E-state index in [-0.39, 0.29) is 0 Å². The largest absolute Gasteiger partial charge is 0.254 e. The maximum Gasteiger partial charge on any atom is 0.203 e. The van der Waals surface area contributed by atoms with Gasteiger partial charge in [-0.2, -0.15) is 5.10 Å². The van der Waals surface area contributed by atoms with Gasteiger partial charge in [0.1, 0.15) is 5.01 Å². The Morgan fingerprint density at radius 3 is 2.71 bits per heavy atom. The Kier molecular flexibility index (Phi) is 3.38. The molecule has 0 N–H and O–H groups in total. The van der Waals surface area contributed by atoms with Gasteiger partial charge in [0.05, 0.1) is 6.04 Å². The minimum absolute atomic E-state index is 0.522. The highest BCUT2D eigenvalue weighted by Gasteiger charge is 2.39. The number of fused-ring (bicyclic) bond motifs is 2. The van der Waals surface area contributed by atoms with E-state index >= 15 is 0 Å². The molecule has 3 atom stereocenters. The van der Waals surface area contributed by atoms with Crippen molar-refractivity contribution in [3.05, 3.63) is 34.1 Å². The van der Waals surface area contributed by atoms with Gasteiger partial charge in [0.15, 0.2) is 0 Å². The van der Waals surface area contributed by atoms with Gasteiger partial charge in [-0.15, -0.1) is 0 Å². The van der Waals surface area contributed by atoms with Crippen molar-refractivity contribution in [1.29, 1.82) is 0 Å². The van der Waals surface area contributed by atoms with Crippen LogP contribution in [0.25, 0.3) is 10.6 Å². The van der Waals surface area contributed by atoms with Crippen LogP contribution in [0, 0.1) is 11.8 Å². The Balaban J connectivity index is 1.66. The van der Waals surface area contributed by atoms with Gasteiger partial charge < -0.3 is 0 Å². The van der Waals surface area contributed by atoms with Crippen LogP contribution in [0.4, 0.5) is 0 Å². The molecule has 21 heavy (non-hydrogen) atoms. The summed E-state index contributed by atoms with van der Waals surface area (Å²) in [6, 6.07) is 8.37. The SMILES string of the molecule is Cn1nc(-c2ccc(Cl)cc2)s/c1=N\C1CC2CCC1C2. The maximum atomic E-state index is 5.94. The number of rotatable bonds is 2. The number of hydrogen-bond acceptors (Lipinski definition) is 3. The predicted octanol–water partition coefficient (Wildman–Crippen LogP) is 3.89. The van der Waals surface area contributed by atoms with Crippen molar-refractivity contribution in [2.45, 2.75) is 31.7 Å². The lowest BCUT2D eigenvalue weighted by molar-refractivity contribution is 0.411. The van der Waals surface area contributed by atoms with Gasteiger partial charge in [-0.25, -0.2) is 4.68 Å². The van der Waals surface area contributed by atoms with E-state index in [0.29, 0.717) is 6.04 Å². The first-order valence-electron chi connectivity index (χ1n) is 7.53. The fourth-order valence-electron chi connectivity index (χ4n) is 3.68. The van der Waals surface area contributed by atoms with Crippen LogP contribution >= 0.6 is 22.9 Å². The van der Waals surface area contributed by atoms with E-state index in [2.05, 4.69) is 5.10 Å². The van der Waals surface area contributed by atoms with Crippen LogP contribution in [0.15, 0.2) is 29.3 Å². The van der Waals surface area contributed by atoms with Gasteiger partial charge in [-0.05, 0) is 43.2 Å². The summed E-state index contributed by atoms with van der Waals surface area (Å²) in [6.07, 6.45) is 5.45. The maximum absolute atomic E-state index is 5.94. The minimum Gasteiger partial charge on any atom is -0.254 e. The molecular weight excluding hydrogens is 302 g/mol. The Morgan fingerprint density at radius 1 is 1.24 bits per heavy atom. The van der Waals surface area contributed by atoms with E-state index in [4.69, 9.17) is 16.6 Å². The van der Waals surface area contributed by atoms with E-state index in [1.54, 1.807) is 11.3 Å². The van der Waals surface area contributed by atoms with Crippen LogP contribution in [0.2, 0.25) is 5.02 Å². The van der Waals surface area contributed by atoms with Crippen molar-refractivity contribution >= 4 is 22.9 Å². The third-order valence-corrected chi connectivity index (χ3v) is 6.09. The van der Waals surface area contributed by atoms with E-state index < -0.39 is 0 Å². The van der Waals surface area contributed by atoms with Gasteiger partial charge in [0.2, 0.25) is 4.80 Å². The molecule has 1 heterocycles. The van der Waals surface area contributed by atoms with E-state index in [1.165, 1.54) is 25.7 Å². The molecule has 1 aromatic carbocycles. The molecule has 0 spiro atoms. The van der Waals surface area contributed by atoms with E-state index in [1.807, 2.05) is 36.0 Å². The molecule has 4 rings (SSSR count). The zero-order chi connectivity index (χ0) is 14.4. The van der Waals surface area contributed by atoms with Crippen molar-refractivity contribution in [2.24, 2.45) is 23.9 Å². The number of aryl methyl sites for hydroxylation is 1. The third kappa shape index (κ3) is 2.55. The Bertz CT molecular complexity index is 716. The van der Waals surface area contributed by atoms with Gasteiger partial charge in [-0.3, -0.25) is 4.99 Å². The smallest absolute Gasteiger partial charge is 0.203 e. The van der Waals surface area contributed by atoms with Crippen LogP contribution in [0.5, 0.6) is 0 Å². The van der Waals surface area contributed by atoms with E-state index in [0.717, 1.165) is 32.2 Å². The fraction of sp³-hybridized carbons (Fsp3) is 0.500. The highest BCUT2D eigenvalue weighted by atomic mass is 35.5. The molecule has 0 radical (unpaired) electrons. The Labute approximate surface area is 133 Å². The predicted molar refractivity (Wildman–Crippen MR) is 86.3 cm³/mol. The van der Waals surface area contributed by atoms with Crippen LogP contribution < -0.4 is 4.80 Å². The third-order valence-electron chi connectivity index (χ3n) is 4.77. The van der Waals surface area contributed by atoms with Gasteiger partial charge in [-0.1, -0.05) is 41.5 Å². The molecule has 1 aromatic heterocycles. The summed E-state index contributed by atoms with van der Waals surface area (Å²) in [5.41, 5.74) is 1.11. The molecule has 0 amide bonds. The van der Waals surface area contributed by atoms with Crippen molar-refractivity contribution in [2.75, 3.05) is 0 Å². The molecule has 2 bridgehead atoms. The summed E-state index contributed by atoms with van der Waals surface area (Å²) in [7, 11) is 1.99. The lowest BCUT2D eigenvalue weighted by atomic mass is 9.96. The summed E-state index contributed by atoms with van der Waals surface area (Å²) < 4.78 is 1.92.